The third kappa shape index (κ3) is 1.21. The van der Waals surface area contributed by atoms with Gasteiger partial charge in [0.05, 0.1) is 17.1 Å². The molecule has 5 heteroatoms. The lowest BCUT2D eigenvalue weighted by Gasteiger charge is -2.11. The number of hydrogen-bond donors (Lipinski definition) is 4. The average Bonchev–Trinajstić information content (AvgIpc) is 2.84. The van der Waals surface area contributed by atoms with Gasteiger partial charge in [0, 0.05) is 5.56 Å². The van der Waals surface area contributed by atoms with Crippen LogP contribution in [0.3, 0.4) is 0 Å². The van der Waals surface area contributed by atoms with Gasteiger partial charge in [-0.3, -0.25) is 5.10 Å². The van der Waals surface area contributed by atoms with Crippen molar-refractivity contribution in [1.29, 1.82) is 0 Å². The van der Waals surface area contributed by atoms with Crippen molar-refractivity contribution < 1.29 is 0 Å². The first-order chi connectivity index (χ1) is 7.75. The molecule has 0 fully saturated rings. The quantitative estimate of drug-likeness (QED) is 0.585. The molecule has 16 heavy (non-hydrogen) atoms. The first kappa shape index (κ1) is 9.08. The summed E-state index contributed by atoms with van der Waals surface area (Å²) < 4.78 is 0. The Morgan fingerprint density at radius 3 is 2.31 bits per heavy atom. The summed E-state index contributed by atoms with van der Waals surface area (Å²) in [6, 6.07) is 8.09. The van der Waals surface area contributed by atoms with E-state index < -0.39 is 0 Å². The van der Waals surface area contributed by atoms with Crippen LogP contribution in [-0.4, -0.2) is 10.2 Å². The van der Waals surface area contributed by atoms with Crippen molar-refractivity contribution >= 4 is 17.2 Å². The second kappa shape index (κ2) is 3.16. The molecule has 0 saturated carbocycles. The van der Waals surface area contributed by atoms with Gasteiger partial charge >= 0.3 is 0 Å². The fraction of sp³-hybridized carbons (Fsp3) is 0.182. The monoisotopic (exact) mass is 215 g/mol. The average molecular weight is 215 g/mol. The van der Waals surface area contributed by atoms with Crippen molar-refractivity contribution in [3.63, 3.8) is 0 Å². The van der Waals surface area contributed by atoms with E-state index in [1.54, 1.807) is 0 Å². The smallest absolute Gasteiger partial charge is 0.148 e. The number of para-hydroxylation sites is 2. The Morgan fingerprint density at radius 2 is 1.81 bits per heavy atom. The van der Waals surface area contributed by atoms with Crippen molar-refractivity contribution in [1.82, 2.24) is 10.2 Å². The maximum absolute atomic E-state index is 5.72. The van der Waals surface area contributed by atoms with E-state index in [0.29, 0.717) is 5.82 Å². The molecule has 0 amide bonds. The summed E-state index contributed by atoms with van der Waals surface area (Å²) in [5, 5.41) is 13.7. The van der Waals surface area contributed by atoms with Crippen LogP contribution in [0.2, 0.25) is 0 Å². The third-order valence-corrected chi connectivity index (χ3v) is 2.90. The predicted molar refractivity (Wildman–Crippen MR) is 64.2 cm³/mol. The second-order valence-corrected chi connectivity index (χ2v) is 3.91. The number of aromatic amines is 1. The highest BCUT2D eigenvalue weighted by molar-refractivity contribution is 5.75. The molecule has 0 aliphatic carbocycles. The third-order valence-electron chi connectivity index (χ3n) is 2.90. The molecule has 5 nitrogen and oxygen atoms in total. The zero-order chi connectivity index (χ0) is 11.1. The van der Waals surface area contributed by atoms with Crippen molar-refractivity contribution in [2.24, 2.45) is 0 Å². The van der Waals surface area contributed by atoms with Gasteiger partial charge in [-0.1, -0.05) is 12.1 Å². The van der Waals surface area contributed by atoms with E-state index in [1.165, 1.54) is 0 Å². The summed E-state index contributed by atoms with van der Waals surface area (Å²) in [7, 11) is 0. The Balaban J connectivity index is 1.94. The molecule has 0 bridgehead atoms. The summed E-state index contributed by atoms with van der Waals surface area (Å²) >= 11 is 0. The summed E-state index contributed by atoms with van der Waals surface area (Å²) in [6.07, 6.45) is 0.0159. The number of hydrogen-bond acceptors (Lipinski definition) is 4. The number of rotatable bonds is 1. The number of anilines is 3. The van der Waals surface area contributed by atoms with E-state index in [4.69, 9.17) is 5.73 Å². The molecule has 0 radical (unpaired) electrons. The molecular weight excluding hydrogens is 202 g/mol. The SMILES string of the molecule is Cc1c(N)n[nH]c1C1Nc2ccccc2N1. The molecule has 5 N–H and O–H groups in total. The molecule has 0 saturated heterocycles. The highest BCUT2D eigenvalue weighted by Gasteiger charge is 2.24. The maximum atomic E-state index is 5.72. The van der Waals surface area contributed by atoms with Gasteiger partial charge in [0.15, 0.2) is 0 Å². The van der Waals surface area contributed by atoms with Gasteiger partial charge in [0.1, 0.15) is 12.0 Å². The summed E-state index contributed by atoms with van der Waals surface area (Å²) in [5.74, 6) is 0.551. The van der Waals surface area contributed by atoms with E-state index in [2.05, 4.69) is 20.8 Å². The van der Waals surface area contributed by atoms with Gasteiger partial charge in [-0.15, -0.1) is 0 Å². The number of aromatic nitrogens is 2. The van der Waals surface area contributed by atoms with E-state index in [9.17, 15) is 0 Å². The van der Waals surface area contributed by atoms with Crippen LogP contribution in [0.25, 0.3) is 0 Å². The Hall–Kier alpha value is -2.17. The number of benzene rings is 1. The fourth-order valence-electron chi connectivity index (χ4n) is 1.93. The van der Waals surface area contributed by atoms with Gasteiger partial charge in [0.2, 0.25) is 0 Å². The lowest BCUT2D eigenvalue weighted by molar-refractivity contribution is 0.859. The molecule has 0 atom stereocenters. The number of nitrogens with zero attached hydrogens (tertiary/aromatic N) is 1. The highest BCUT2D eigenvalue weighted by atomic mass is 15.3. The van der Waals surface area contributed by atoms with Crippen LogP contribution in [0.4, 0.5) is 17.2 Å². The van der Waals surface area contributed by atoms with Crippen LogP contribution >= 0.6 is 0 Å². The lowest BCUT2D eigenvalue weighted by atomic mass is 10.2. The normalized spacial score (nSPS) is 14.3. The molecule has 1 aliphatic rings. The maximum Gasteiger partial charge on any atom is 0.148 e. The van der Waals surface area contributed by atoms with Crippen LogP contribution in [0.15, 0.2) is 24.3 Å². The summed E-state index contributed by atoms with van der Waals surface area (Å²) in [5.41, 5.74) is 9.87. The standard InChI is InChI=1S/C11H13N5/c1-6-9(15-16-10(6)12)11-13-7-4-2-3-5-8(7)14-11/h2-5,11,13-14H,1H3,(H3,12,15,16). The van der Waals surface area contributed by atoms with E-state index in [-0.39, 0.29) is 6.17 Å². The van der Waals surface area contributed by atoms with Crippen LogP contribution in [0.5, 0.6) is 0 Å². The van der Waals surface area contributed by atoms with Crippen LogP contribution < -0.4 is 16.4 Å². The first-order valence-corrected chi connectivity index (χ1v) is 5.18. The van der Waals surface area contributed by atoms with Crippen LogP contribution in [0.1, 0.15) is 17.4 Å². The molecule has 1 aromatic carbocycles. The minimum Gasteiger partial charge on any atom is -0.382 e. The highest BCUT2D eigenvalue weighted by Crippen LogP contribution is 2.35. The van der Waals surface area contributed by atoms with E-state index >= 15 is 0 Å². The fourth-order valence-corrected chi connectivity index (χ4v) is 1.93. The largest absolute Gasteiger partial charge is 0.382 e. The van der Waals surface area contributed by atoms with Gasteiger partial charge < -0.3 is 16.4 Å². The van der Waals surface area contributed by atoms with E-state index in [1.807, 2.05) is 31.2 Å². The predicted octanol–water partition coefficient (Wildman–Crippen LogP) is 1.84. The second-order valence-electron chi connectivity index (χ2n) is 3.91. The van der Waals surface area contributed by atoms with Crippen molar-refractivity contribution in [2.75, 3.05) is 16.4 Å². The molecule has 1 aromatic heterocycles. The number of nitrogens with two attached hydrogens (primary N) is 1. The Kier molecular flexibility index (Phi) is 1.80. The Bertz CT molecular complexity index is 506. The van der Waals surface area contributed by atoms with Crippen molar-refractivity contribution in [3.8, 4) is 0 Å². The van der Waals surface area contributed by atoms with E-state index in [0.717, 1.165) is 22.6 Å². The molecule has 2 aromatic rings. The molecular formula is C11H13N5. The van der Waals surface area contributed by atoms with Gasteiger partial charge in [-0.25, -0.2) is 0 Å². The minimum atomic E-state index is 0.0159. The summed E-state index contributed by atoms with van der Waals surface area (Å²) in [4.78, 5) is 0. The molecule has 0 unspecified atom stereocenters. The molecule has 1 aliphatic heterocycles. The van der Waals surface area contributed by atoms with Gasteiger partial charge in [-0.05, 0) is 19.1 Å². The number of H-pyrrole nitrogens is 1. The van der Waals surface area contributed by atoms with Gasteiger partial charge in [0.25, 0.3) is 0 Å². The minimum absolute atomic E-state index is 0.0159. The van der Waals surface area contributed by atoms with Crippen LogP contribution in [0, 0.1) is 6.92 Å². The number of nitrogens with one attached hydrogen (secondary N) is 3. The van der Waals surface area contributed by atoms with Crippen molar-refractivity contribution in [2.45, 2.75) is 13.1 Å². The Labute approximate surface area is 93.0 Å². The lowest BCUT2D eigenvalue weighted by Crippen LogP contribution is -2.13. The number of fused-ring (bicyclic) bond motifs is 1. The first-order valence-electron chi connectivity index (χ1n) is 5.18. The zero-order valence-corrected chi connectivity index (χ0v) is 8.91. The van der Waals surface area contributed by atoms with Crippen LogP contribution in [-0.2, 0) is 0 Å². The van der Waals surface area contributed by atoms with Gasteiger partial charge in [-0.2, -0.15) is 5.10 Å². The molecule has 3 rings (SSSR count). The number of nitrogen functional groups attached to an aromatic ring is 1. The topological polar surface area (TPSA) is 78.8 Å². The Morgan fingerprint density at radius 1 is 1.19 bits per heavy atom. The molecule has 0 spiro atoms. The molecule has 2 heterocycles. The zero-order valence-electron chi connectivity index (χ0n) is 8.91. The molecule has 82 valence electrons. The summed E-state index contributed by atoms with van der Waals surface area (Å²) in [6.45, 7) is 1.96. The van der Waals surface area contributed by atoms with Crippen molar-refractivity contribution in [3.05, 3.63) is 35.5 Å².